The fourth-order valence-corrected chi connectivity index (χ4v) is 2.88. The van der Waals surface area contributed by atoms with E-state index in [2.05, 4.69) is 0 Å². The van der Waals surface area contributed by atoms with Crippen molar-refractivity contribution in [2.45, 2.75) is 18.9 Å². The predicted octanol–water partition coefficient (Wildman–Crippen LogP) is 4.06. The molecule has 1 aromatic rings. The Morgan fingerprint density at radius 1 is 1.47 bits per heavy atom. The number of benzene rings is 1. The minimum Gasteiger partial charge on any atom is -0.496 e. The first-order valence-corrected chi connectivity index (χ1v) is 6.69. The van der Waals surface area contributed by atoms with Crippen molar-refractivity contribution in [1.82, 2.24) is 0 Å². The van der Waals surface area contributed by atoms with Crippen LogP contribution in [-0.4, -0.2) is 19.6 Å². The van der Waals surface area contributed by atoms with E-state index in [-0.39, 0.29) is 6.10 Å². The highest BCUT2D eigenvalue weighted by Crippen LogP contribution is 2.42. The highest BCUT2D eigenvalue weighted by Gasteiger charge is 2.30. The minimum atomic E-state index is -0.0510. The van der Waals surface area contributed by atoms with Crippen molar-refractivity contribution >= 4 is 23.2 Å². The third kappa shape index (κ3) is 2.70. The van der Waals surface area contributed by atoms with Gasteiger partial charge in [-0.15, -0.1) is 11.6 Å². The van der Waals surface area contributed by atoms with Crippen LogP contribution in [0.5, 0.6) is 5.75 Å². The standard InChI is InChI=1S/C13H16Cl2O2/c1-16-11-6-2-5-10(15)12(11)13-9(8-14)4-3-7-17-13/h2,5-6,9,13H,3-4,7-8H2,1H3. The largest absolute Gasteiger partial charge is 0.496 e. The van der Waals surface area contributed by atoms with Crippen LogP contribution in [0.2, 0.25) is 5.02 Å². The van der Waals surface area contributed by atoms with Crippen molar-refractivity contribution in [3.05, 3.63) is 28.8 Å². The van der Waals surface area contributed by atoms with Gasteiger partial charge in [-0.3, -0.25) is 0 Å². The van der Waals surface area contributed by atoms with Crippen LogP contribution in [0.1, 0.15) is 24.5 Å². The highest BCUT2D eigenvalue weighted by atomic mass is 35.5. The summed E-state index contributed by atoms with van der Waals surface area (Å²) in [4.78, 5) is 0. The number of hydrogen-bond donors (Lipinski definition) is 0. The van der Waals surface area contributed by atoms with Gasteiger partial charge in [-0.2, -0.15) is 0 Å². The van der Waals surface area contributed by atoms with Gasteiger partial charge in [0.05, 0.1) is 18.2 Å². The lowest BCUT2D eigenvalue weighted by atomic mass is 9.90. The summed E-state index contributed by atoms with van der Waals surface area (Å²) in [5.41, 5.74) is 0.932. The zero-order valence-electron chi connectivity index (χ0n) is 9.79. The molecule has 2 nitrogen and oxygen atoms in total. The van der Waals surface area contributed by atoms with Gasteiger partial charge in [-0.05, 0) is 25.0 Å². The lowest BCUT2D eigenvalue weighted by molar-refractivity contribution is -0.0219. The van der Waals surface area contributed by atoms with Crippen LogP contribution in [0.3, 0.4) is 0 Å². The Bertz CT molecular complexity index is 382. The first-order valence-electron chi connectivity index (χ1n) is 5.78. The molecule has 1 aliphatic rings. The van der Waals surface area contributed by atoms with Gasteiger partial charge in [0, 0.05) is 24.0 Å². The van der Waals surface area contributed by atoms with Crippen molar-refractivity contribution in [1.29, 1.82) is 0 Å². The summed E-state index contributed by atoms with van der Waals surface area (Å²) in [6.07, 6.45) is 2.08. The maximum atomic E-state index is 6.26. The normalized spacial score (nSPS) is 24.6. The molecule has 2 unspecified atom stereocenters. The summed E-state index contributed by atoms with van der Waals surface area (Å²) in [5.74, 6) is 1.66. The molecule has 1 fully saturated rings. The third-order valence-corrected chi connectivity index (χ3v) is 3.89. The van der Waals surface area contributed by atoms with Crippen molar-refractivity contribution in [3.63, 3.8) is 0 Å². The summed E-state index contributed by atoms with van der Waals surface area (Å²) in [7, 11) is 1.65. The number of hydrogen-bond acceptors (Lipinski definition) is 2. The molecule has 0 aromatic heterocycles. The molecule has 0 spiro atoms. The fourth-order valence-electron chi connectivity index (χ4n) is 2.29. The molecule has 0 aliphatic carbocycles. The molecule has 0 bridgehead atoms. The number of halogens is 2. The van der Waals surface area contributed by atoms with Crippen molar-refractivity contribution in [3.8, 4) is 5.75 Å². The summed E-state index contributed by atoms with van der Waals surface area (Å²) >= 11 is 12.3. The molecule has 94 valence electrons. The number of ether oxygens (including phenoxy) is 2. The Labute approximate surface area is 112 Å². The Balaban J connectivity index is 2.36. The van der Waals surface area contributed by atoms with E-state index in [4.69, 9.17) is 32.7 Å². The second-order valence-electron chi connectivity index (χ2n) is 4.20. The van der Waals surface area contributed by atoms with Crippen LogP contribution < -0.4 is 4.74 Å². The van der Waals surface area contributed by atoms with Gasteiger partial charge in [0.15, 0.2) is 0 Å². The predicted molar refractivity (Wildman–Crippen MR) is 70.1 cm³/mol. The monoisotopic (exact) mass is 274 g/mol. The highest BCUT2D eigenvalue weighted by molar-refractivity contribution is 6.31. The van der Waals surface area contributed by atoms with Crippen LogP contribution in [0.15, 0.2) is 18.2 Å². The maximum absolute atomic E-state index is 6.26. The first kappa shape index (κ1) is 13.0. The van der Waals surface area contributed by atoms with Crippen molar-refractivity contribution in [2.24, 2.45) is 5.92 Å². The van der Waals surface area contributed by atoms with E-state index in [1.807, 2.05) is 18.2 Å². The summed E-state index contributed by atoms with van der Waals surface area (Å²) in [6, 6.07) is 5.65. The molecule has 17 heavy (non-hydrogen) atoms. The Kier molecular flexibility index (Phi) is 4.55. The minimum absolute atomic E-state index is 0.0510. The molecule has 0 amide bonds. The molecule has 2 rings (SSSR count). The van der Waals surface area contributed by atoms with Crippen LogP contribution in [0.4, 0.5) is 0 Å². The van der Waals surface area contributed by atoms with Gasteiger partial charge in [0.1, 0.15) is 5.75 Å². The maximum Gasteiger partial charge on any atom is 0.126 e. The van der Waals surface area contributed by atoms with E-state index >= 15 is 0 Å². The summed E-state index contributed by atoms with van der Waals surface area (Å²) < 4.78 is 11.2. The topological polar surface area (TPSA) is 18.5 Å². The Hall–Kier alpha value is -0.440. The zero-order chi connectivity index (χ0) is 12.3. The molecule has 1 aromatic carbocycles. The lowest BCUT2D eigenvalue weighted by Gasteiger charge is -2.32. The van der Waals surface area contributed by atoms with Crippen LogP contribution in [0, 0.1) is 5.92 Å². The molecule has 2 atom stereocenters. The molecular weight excluding hydrogens is 259 g/mol. The van der Waals surface area contributed by atoms with Crippen molar-refractivity contribution in [2.75, 3.05) is 19.6 Å². The summed E-state index contributed by atoms with van der Waals surface area (Å²) in [6.45, 7) is 0.756. The molecule has 1 saturated heterocycles. The molecule has 1 heterocycles. The van der Waals surface area contributed by atoms with Crippen molar-refractivity contribution < 1.29 is 9.47 Å². The van der Waals surface area contributed by atoms with Gasteiger partial charge >= 0.3 is 0 Å². The quantitative estimate of drug-likeness (QED) is 0.774. The lowest BCUT2D eigenvalue weighted by Crippen LogP contribution is -2.24. The average molecular weight is 275 g/mol. The molecule has 0 saturated carbocycles. The van der Waals surface area contributed by atoms with Gasteiger partial charge in [-0.1, -0.05) is 17.7 Å². The second kappa shape index (κ2) is 5.94. The summed E-state index contributed by atoms with van der Waals surface area (Å²) in [5, 5.41) is 0.686. The van der Waals surface area contributed by atoms with E-state index in [0.717, 1.165) is 30.8 Å². The van der Waals surface area contributed by atoms with E-state index in [1.54, 1.807) is 7.11 Å². The van der Waals surface area contributed by atoms with Gasteiger partial charge in [-0.25, -0.2) is 0 Å². The van der Waals surface area contributed by atoms with E-state index in [0.29, 0.717) is 16.8 Å². The average Bonchev–Trinajstić information content (AvgIpc) is 2.38. The number of methoxy groups -OCH3 is 1. The van der Waals surface area contributed by atoms with E-state index in [9.17, 15) is 0 Å². The van der Waals surface area contributed by atoms with Gasteiger partial charge in [0.2, 0.25) is 0 Å². The molecular formula is C13H16Cl2O2. The zero-order valence-corrected chi connectivity index (χ0v) is 11.3. The van der Waals surface area contributed by atoms with E-state index < -0.39 is 0 Å². The Morgan fingerprint density at radius 2 is 2.29 bits per heavy atom. The first-order chi connectivity index (χ1) is 8.27. The molecule has 1 aliphatic heterocycles. The van der Waals surface area contributed by atoms with Crippen LogP contribution in [-0.2, 0) is 4.74 Å². The molecule has 4 heteroatoms. The van der Waals surface area contributed by atoms with Gasteiger partial charge in [0.25, 0.3) is 0 Å². The fraction of sp³-hybridized carbons (Fsp3) is 0.538. The Morgan fingerprint density at radius 3 is 3.00 bits per heavy atom. The third-order valence-electron chi connectivity index (χ3n) is 3.16. The van der Waals surface area contributed by atoms with Gasteiger partial charge < -0.3 is 9.47 Å². The number of alkyl halides is 1. The molecule has 0 N–H and O–H groups in total. The second-order valence-corrected chi connectivity index (χ2v) is 4.92. The van der Waals surface area contributed by atoms with Crippen LogP contribution in [0.25, 0.3) is 0 Å². The number of rotatable bonds is 3. The van der Waals surface area contributed by atoms with E-state index in [1.165, 1.54) is 0 Å². The molecule has 0 radical (unpaired) electrons. The SMILES string of the molecule is COc1cccc(Cl)c1C1OCCCC1CCl. The van der Waals surface area contributed by atoms with Crippen LogP contribution >= 0.6 is 23.2 Å². The smallest absolute Gasteiger partial charge is 0.126 e.